The number of allylic oxidation sites excluding steroid dienone is 2. The largest absolute Gasteiger partial charge is 0.416 e. The Balaban J connectivity index is 4.51. The van der Waals surface area contributed by atoms with Crippen molar-refractivity contribution in [3.05, 3.63) is 23.9 Å². The lowest BCUT2D eigenvalue weighted by atomic mass is 10.1. The van der Waals surface area contributed by atoms with Crippen LogP contribution in [-0.4, -0.2) is 18.2 Å². The molecule has 0 spiro atoms. The van der Waals surface area contributed by atoms with Gasteiger partial charge in [0, 0.05) is 13.2 Å². The maximum atomic E-state index is 12.0. The number of hydrogen-bond acceptors (Lipinski definition) is 2. The fourth-order valence-electron chi connectivity index (χ4n) is 0.607. The van der Waals surface area contributed by atoms with E-state index in [2.05, 4.69) is 6.58 Å². The SMILES string of the molecule is C=C(/C(C)=C\N(C)N)C(F)(F)F. The van der Waals surface area contributed by atoms with Crippen molar-refractivity contribution in [1.29, 1.82) is 0 Å². The first-order valence-electron chi connectivity index (χ1n) is 3.17. The van der Waals surface area contributed by atoms with E-state index < -0.39 is 11.7 Å². The van der Waals surface area contributed by atoms with Gasteiger partial charge in [-0.3, -0.25) is 0 Å². The number of rotatable bonds is 2. The molecule has 0 unspecified atom stereocenters. The molecule has 12 heavy (non-hydrogen) atoms. The number of alkyl halides is 3. The second-order valence-electron chi connectivity index (χ2n) is 2.45. The molecule has 0 aromatic carbocycles. The monoisotopic (exact) mass is 180 g/mol. The van der Waals surface area contributed by atoms with Crippen molar-refractivity contribution in [2.75, 3.05) is 7.05 Å². The standard InChI is InChI=1S/C7H11F3N2/c1-5(4-12(3)11)6(2)7(8,9)10/h4H,2,11H2,1,3H3/b5-4-. The molecule has 0 rings (SSSR count). The highest BCUT2D eigenvalue weighted by Gasteiger charge is 2.32. The summed E-state index contributed by atoms with van der Waals surface area (Å²) in [6, 6.07) is 0. The molecule has 0 heterocycles. The summed E-state index contributed by atoms with van der Waals surface area (Å²) >= 11 is 0. The molecule has 0 radical (unpaired) electrons. The second-order valence-corrected chi connectivity index (χ2v) is 2.45. The minimum atomic E-state index is -4.38. The van der Waals surface area contributed by atoms with Crippen LogP contribution in [0.15, 0.2) is 23.9 Å². The minimum Gasteiger partial charge on any atom is -0.321 e. The highest BCUT2D eigenvalue weighted by Crippen LogP contribution is 2.29. The van der Waals surface area contributed by atoms with E-state index in [1.165, 1.54) is 14.0 Å². The molecule has 2 nitrogen and oxygen atoms in total. The van der Waals surface area contributed by atoms with Crippen LogP contribution in [0.3, 0.4) is 0 Å². The molecule has 0 aromatic heterocycles. The van der Waals surface area contributed by atoms with Crippen LogP contribution in [-0.2, 0) is 0 Å². The Morgan fingerprint density at radius 3 is 2.17 bits per heavy atom. The van der Waals surface area contributed by atoms with E-state index in [9.17, 15) is 13.2 Å². The maximum Gasteiger partial charge on any atom is 0.416 e. The van der Waals surface area contributed by atoms with Gasteiger partial charge in [0.15, 0.2) is 0 Å². The highest BCUT2D eigenvalue weighted by atomic mass is 19.4. The van der Waals surface area contributed by atoms with Crippen molar-refractivity contribution >= 4 is 0 Å². The number of nitrogens with zero attached hydrogens (tertiary/aromatic N) is 1. The summed E-state index contributed by atoms with van der Waals surface area (Å²) in [6.45, 7) is 4.21. The van der Waals surface area contributed by atoms with Crippen molar-refractivity contribution in [2.45, 2.75) is 13.1 Å². The summed E-state index contributed by atoms with van der Waals surface area (Å²) in [5, 5.41) is 1.05. The van der Waals surface area contributed by atoms with Gasteiger partial charge in [-0.25, -0.2) is 5.84 Å². The fourth-order valence-corrected chi connectivity index (χ4v) is 0.607. The van der Waals surface area contributed by atoms with Gasteiger partial charge >= 0.3 is 6.18 Å². The van der Waals surface area contributed by atoms with Gasteiger partial charge in [-0.2, -0.15) is 13.2 Å². The normalized spacial score (nSPS) is 13.0. The van der Waals surface area contributed by atoms with Crippen LogP contribution in [0.25, 0.3) is 0 Å². The first kappa shape index (κ1) is 11.0. The summed E-state index contributed by atoms with van der Waals surface area (Å²) in [6.07, 6.45) is -3.22. The fraction of sp³-hybridized carbons (Fsp3) is 0.429. The van der Waals surface area contributed by atoms with Gasteiger partial charge in [0.05, 0.1) is 5.57 Å². The van der Waals surface area contributed by atoms with Crippen LogP contribution >= 0.6 is 0 Å². The lowest BCUT2D eigenvalue weighted by molar-refractivity contribution is -0.0890. The molecule has 0 amide bonds. The summed E-state index contributed by atoms with van der Waals surface area (Å²) < 4.78 is 35.9. The van der Waals surface area contributed by atoms with Gasteiger partial charge in [0.25, 0.3) is 0 Å². The average molecular weight is 180 g/mol. The van der Waals surface area contributed by atoms with Gasteiger partial charge < -0.3 is 5.01 Å². The molecule has 0 atom stereocenters. The molecule has 0 aliphatic heterocycles. The van der Waals surface area contributed by atoms with Crippen molar-refractivity contribution in [3.8, 4) is 0 Å². The zero-order valence-electron chi connectivity index (χ0n) is 6.94. The van der Waals surface area contributed by atoms with Crippen LogP contribution in [0.2, 0.25) is 0 Å². The minimum absolute atomic E-state index is 0.00694. The van der Waals surface area contributed by atoms with Gasteiger partial charge in [-0.15, -0.1) is 0 Å². The quantitative estimate of drug-likeness (QED) is 0.399. The van der Waals surface area contributed by atoms with Crippen LogP contribution in [0.1, 0.15) is 6.92 Å². The van der Waals surface area contributed by atoms with E-state index >= 15 is 0 Å². The molecule has 0 bridgehead atoms. The molecule has 0 saturated carbocycles. The van der Waals surface area contributed by atoms with Gasteiger partial charge in [0.1, 0.15) is 0 Å². The van der Waals surface area contributed by atoms with E-state index in [4.69, 9.17) is 5.84 Å². The number of hydrogen-bond donors (Lipinski definition) is 1. The van der Waals surface area contributed by atoms with Crippen LogP contribution < -0.4 is 5.84 Å². The first-order valence-corrected chi connectivity index (χ1v) is 3.17. The molecular weight excluding hydrogens is 169 g/mol. The van der Waals surface area contributed by atoms with E-state index in [1.54, 1.807) is 0 Å². The lowest BCUT2D eigenvalue weighted by Crippen LogP contribution is -2.21. The van der Waals surface area contributed by atoms with Crippen LogP contribution in [0.5, 0.6) is 0 Å². The zero-order valence-corrected chi connectivity index (χ0v) is 6.94. The first-order chi connectivity index (χ1) is 5.25. The third-order valence-electron chi connectivity index (χ3n) is 1.22. The zero-order chi connectivity index (χ0) is 9.94. The molecular formula is C7H11F3N2. The van der Waals surface area contributed by atoms with Gasteiger partial charge in [0.2, 0.25) is 0 Å². The van der Waals surface area contributed by atoms with Gasteiger partial charge in [-0.1, -0.05) is 6.58 Å². The Bertz CT molecular complexity index is 203. The van der Waals surface area contributed by atoms with Crippen molar-refractivity contribution < 1.29 is 13.2 Å². The second kappa shape index (κ2) is 3.62. The van der Waals surface area contributed by atoms with Crippen molar-refractivity contribution in [2.24, 2.45) is 5.84 Å². The molecule has 5 heteroatoms. The number of hydrazine groups is 1. The number of nitrogens with two attached hydrogens (primary N) is 1. The molecule has 0 saturated heterocycles. The predicted octanol–water partition coefficient (Wildman–Crippen LogP) is 1.81. The molecule has 0 aromatic rings. The summed E-state index contributed by atoms with van der Waals surface area (Å²) in [4.78, 5) is 0. The third-order valence-corrected chi connectivity index (χ3v) is 1.22. The van der Waals surface area contributed by atoms with Crippen molar-refractivity contribution in [1.82, 2.24) is 5.01 Å². The Morgan fingerprint density at radius 2 is 1.92 bits per heavy atom. The summed E-state index contributed by atoms with van der Waals surface area (Å²) in [5.41, 5.74) is -0.868. The molecule has 0 aliphatic rings. The Hall–Kier alpha value is -0.970. The van der Waals surface area contributed by atoms with Gasteiger partial charge in [-0.05, 0) is 12.5 Å². The highest BCUT2D eigenvalue weighted by molar-refractivity contribution is 5.29. The van der Waals surface area contributed by atoms with E-state index in [-0.39, 0.29) is 5.57 Å². The van der Waals surface area contributed by atoms with E-state index in [1.807, 2.05) is 0 Å². The Kier molecular flexibility index (Phi) is 3.33. The smallest absolute Gasteiger partial charge is 0.321 e. The Morgan fingerprint density at radius 1 is 1.50 bits per heavy atom. The molecule has 0 fully saturated rings. The maximum absolute atomic E-state index is 12.0. The predicted molar refractivity (Wildman–Crippen MR) is 40.9 cm³/mol. The summed E-state index contributed by atoms with van der Waals surface area (Å²) in [5.74, 6) is 5.12. The van der Waals surface area contributed by atoms with Crippen LogP contribution in [0.4, 0.5) is 13.2 Å². The van der Waals surface area contributed by atoms with Crippen molar-refractivity contribution in [3.63, 3.8) is 0 Å². The molecule has 0 aliphatic carbocycles. The number of halogens is 3. The van der Waals surface area contributed by atoms with E-state index in [0.717, 1.165) is 11.2 Å². The molecule has 2 N–H and O–H groups in total. The van der Waals surface area contributed by atoms with E-state index in [0.29, 0.717) is 0 Å². The van der Waals surface area contributed by atoms with Crippen LogP contribution in [0, 0.1) is 0 Å². The third kappa shape index (κ3) is 3.43. The Labute approximate surface area is 69.1 Å². The summed E-state index contributed by atoms with van der Waals surface area (Å²) in [7, 11) is 1.44. The lowest BCUT2D eigenvalue weighted by Gasteiger charge is -2.12. The topological polar surface area (TPSA) is 29.3 Å². The average Bonchev–Trinajstić information content (AvgIpc) is 1.82. The molecule has 70 valence electrons.